The summed E-state index contributed by atoms with van der Waals surface area (Å²) >= 11 is 0. The SMILES string of the molecule is Cc1ccc(/C(C#N)=C\c2cc(C)n(-c3cc(C)cc(C)c3)c2C)cc1. The third-order valence-electron chi connectivity index (χ3n) is 4.72. The molecule has 2 nitrogen and oxygen atoms in total. The Kier molecular flexibility index (Phi) is 4.82. The van der Waals surface area contributed by atoms with E-state index in [9.17, 15) is 5.26 Å². The fraction of sp³-hybridized carbons (Fsp3) is 0.208. The molecule has 130 valence electrons. The molecule has 0 fully saturated rings. The Balaban J connectivity index is 2.10. The third-order valence-corrected chi connectivity index (χ3v) is 4.72. The number of aryl methyl sites for hydroxylation is 4. The van der Waals surface area contributed by atoms with Gasteiger partial charge in [-0.3, -0.25) is 0 Å². The van der Waals surface area contributed by atoms with Gasteiger partial charge in [0.05, 0.1) is 11.6 Å². The van der Waals surface area contributed by atoms with Gasteiger partial charge in [-0.25, -0.2) is 0 Å². The first-order chi connectivity index (χ1) is 12.4. The number of nitriles is 1. The van der Waals surface area contributed by atoms with Crippen LogP contribution in [0.4, 0.5) is 0 Å². The minimum Gasteiger partial charge on any atom is -0.318 e. The number of allylic oxidation sites excluding steroid dienone is 1. The van der Waals surface area contributed by atoms with E-state index < -0.39 is 0 Å². The Morgan fingerprint density at radius 2 is 1.46 bits per heavy atom. The molecule has 0 N–H and O–H groups in total. The van der Waals surface area contributed by atoms with Gasteiger partial charge in [0.15, 0.2) is 0 Å². The molecule has 0 unspecified atom stereocenters. The number of hydrogen-bond acceptors (Lipinski definition) is 1. The lowest BCUT2D eigenvalue weighted by Gasteiger charge is -2.12. The van der Waals surface area contributed by atoms with E-state index in [2.05, 4.69) is 69.5 Å². The molecular formula is C24H24N2. The zero-order chi connectivity index (χ0) is 18.8. The third kappa shape index (κ3) is 3.48. The van der Waals surface area contributed by atoms with Crippen molar-refractivity contribution in [3.05, 3.63) is 87.7 Å². The van der Waals surface area contributed by atoms with Crippen molar-refractivity contribution < 1.29 is 0 Å². The molecule has 0 spiro atoms. The Bertz CT molecular complexity index is 1010. The van der Waals surface area contributed by atoms with Crippen LogP contribution in [-0.2, 0) is 0 Å². The Morgan fingerprint density at radius 3 is 2.04 bits per heavy atom. The molecule has 0 saturated carbocycles. The molecule has 0 bridgehead atoms. The molecule has 0 aliphatic rings. The Hall–Kier alpha value is -3.05. The van der Waals surface area contributed by atoms with Crippen LogP contribution in [0.25, 0.3) is 17.3 Å². The second kappa shape index (κ2) is 7.06. The molecule has 0 saturated heterocycles. The second-order valence-corrected chi connectivity index (χ2v) is 7.04. The first-order valence-corrected chi connectivity index (χ1v) is 8.85. The summed E-state index contributed by atoms with van der Waals surface area (Å²) in [5.74, 6) is 0. The predicted octanol–water partition coefficient (Wildman–Crippen LogP) is 6.08. The summed E-state index contributed by atoms with van der Waals surface area (Å²) in [4.78, 5) is 0. The topological polar surface area (TPSA) is 28.7 Å². The lowest BCUT2D eigenvalue weighted by Crippen LogP contribution is -2.00. The summed E-state index contributed by atoms with van der Waals surface area (Å²) in [5, 5.41) is 9.64. The van der Waals surface area contributed by atoms with Gasteiger partial charge in [0, 0.05) is 17.1 Å². The van der Waals surface area contributed by atoms with E-state index in [-0.39, 0.29) is 0 Å². The monoisotopic (exact) mass is 340 g/mol. The van der Waals surface area contributed by atoms with Crippen LogP contribution in [0.15, 0.2) is 48.5 Å². The van der Waals surface area contributed by atoms with Gasteiger partial charge in [0.2, 0.25) is 0 Å². The first-order valence-electron chi connectivity index (χ1n) is 8.85. The van der Waals surface area contributed by atoms with Gasteiger partial charge >= 0.3 is 0 Å². The van der Waals surface area contributed by atoms with Crippen molar-refractivity contribution in [2.24, 2.45) is 0 Å². The van der Waals surface area contributed by atoms with E-state index in [0.717, 1.165) is 16.8 Å². The lowest BCUT2D eigenvalue weighted by atomic mass is 10.0. The number of aromatic nitrogens is 1. The molecule has 0 amide bonds. The number of benzene rings is 2. The van der Waals surface area contributed by atoms with Crippen molar-refractivity contribution in [3.63, 3.8) is 0 Å². The molecule has 0 aliphatic carbocycles. The van der Waals surface area contributed by atoms with E-state index in [0.29, 0.717) is 5.57 Å². The largest absolute Gasteiger partial charge is 0.318 e. The van der Waals surface area contributed by atoms with E-state index >= 15 is 0 Å². The van der Waals surface area contributed by atoms with Gasteiger partial charge in [0.25, 0.3) is 0 Å². The highest BCUT2D eigenvalue weighted by Crippen LogP contribution is 2.26. The van der Waals surface area contributed by atoms with Gasteiger partial charge in [-0.2, -0.15) is 5.26 Å². The van der Waals surface area contributed by atoms with Crippen molar-refractivity contribution in [1.29, 1.82) is 5.26 Å². The minimum absolute atomic E-state index is 0.686. The first kappa shape index (κ1) is 17.8. The highest BCUT2D eigenvalue weighted by molar-refractivity contribution is 5.90. The summed E-state index contributed by atoms with van der Waals surface area (Å²) in [6.07, 6.45) is 1.99. The van der Waals surface area contributed by atoms with Gasteiger partial charge in [-0.05, 0) is 81.1 Å². The van der Waals surface area contributed by atoms with Crippen LogP contribution in [-0.4, -0.2) is 4.57 Å². The molecular weight excluding hydrogens is 316 g/mol. The molecule has 1 heterocycles. The maximum absolute atomic E-state index is 9.64. The summed E-state index contributed by atoms with van der Waals surface area (Å²) < 4.78 is 2.26. The smallest absolute Gasteiger partial charge is 0.0998 e. The number of hydrogen-bond donors (Lipinski definition) is 0. The van der Waals surface area contributed by atoms with Crippen LogP contribution in [0, 0.1) is 45.9 Å². The molecule has 3 aromatic rings. The second-order valence-electron chi connectivity index (χ2n) is 7.04. The predicted molar refractivity (Wildman–Crippen MR) is 109 cm³/mol. The summed E-state index contributed by atoms with van der Waals surface area (Å²) in [6.45, 7) is 10.5. The van der Waals surface area contributed by atoms with Gasteiger partial charge in [-0.1, -0.05) is 35.9 Å². The summed E-state index contributed by atoms with van der Waals surface area (Å²) in [5.41, 5.74) is 9.90. The number of nitrogens with zero attached hydrogens (tertiary/aromatic N) is 2. The van der Waals surface area contributed by atoms with E-state index in [1.165, 1.54) is 28.1 Å². The minimum atomic E-state index is 0.686. The van der Waals surface area contributed by atoms with E-state index in [1.54, 1.807) is 0 Å². The van der Waals surface area contributed by atoms with Crippen LogP contribution in [0.3, 0.4) is 0 Å². The standard InChI is InChI=1S/C24H24N2/c1-16-6-8-21(9-7-16)23(15-25)14-22-13-19(4)26(20(22)5)24-11-17(2)10-18(3)12-24/h6-14H,1-5H3/b23-14-. The lowest BCUT2D eigenvalue weighted by molar-refractivity contribution is 0.960. The molecule has 2 heteroatoms. The molecule has 0 radical (unpaired) electrons. The Labute approximate surface area is 156 Å². The summed E-state index contributed by atoms with van der Waals surface area (Å²) in [6, 6.07) is 19.2. The Morgan fingerprint density at radius 1 is 0.846 bits per heavy atom. The number of rotatable bonds is 3. The quantitative estimate of drug-likeness (QED) is 0.531. The fourth-order valence-corrected chi connectivity index (χ4v) is 3.48. The van der Waals surface area contributed by atoms with Crippen molar-refractivity contribution in [2.75, 3.05) is 0 Å². The summed E-state index contributed by atoms with van der Waals surface area (Å²) in [7, 11) is 0. The maximum Gasteiger partial charge on any atom is 0.0998 e. The molecule has 2 aromatic carbocycles. The van der Waals surface area contributed by atoms with Crippen LogP contribution >= 0.6 is 0 Å². The van der Waals surface area contributed by atoms with Crippen molar-refractivity contribution >= 4 is 11.6 Å². The van der Waals surface area contributed by atoms with Crippen molar-refractivity contribution in [1.82, 2.24) is 4.57 Å². The molecule has 1 aromatic heterocycles. The normalized spacial score (nSPS) is 11.5. The average molecular weight is 340 g/mol. The highest BCUT2D eigenvalue weighted by atomic mass is 15.0. The van der Waals surface area contributed by atoms with Crippen LogP contribution in [0.2, 0.25) is 0 Å². The van der Waals surface area contributed by atoms with Crippen LogP contribution < -0.4 is 0 Å². The molecule has 26 heavy (non-hydrogen) atoms. The maximum atomic E-state index is 9.64. The van der Waals surface area contributed by atoms with E-state index in [4.69, 9.17) is 0 Å². The van der Waals surface area contributed by atoms with Crippen molar-refractivity contribution in [3.8, 4) is 11.8 Å². The van der Waals surface area contributed by atoms with Crippen molar-refractivity contribution in [2.45, 2.75) is 34.6 Å². The fourth-order valence-electron chi connectivity index (χ4n) is 3.48. The molecule has 3 rings (SSSR count). The average Bonchev–Trinajstić information content (AvgIpc) is 2.86. The van der Waals surface area contributed by atoms with Gasteiger partial charge in [-0.15, -0.1) is 0 Å². The molecule has 0 aliphatic heterocycles. The zero-order valence-corrected chi connectivity index (χ0v) is 16.1. The van der Waals surface area contributed by atoms with Crippen LogP contribution in [0.1, 0.15) is 39.2 Å². The van der Waals surface area contributed by atoms with Crippen LogP contribution in [0.5, 0.6) is 0 Å². The van der Waals surface area contributed by atoms with Gasteiger partial charge in [0.1, 0.15) is 0 Å². The zero-order valence-electron chi connectivity index (χ0n) is 16.1. The highest BCUT2D eigenvalue weighted by Gasteiger charge is 2.11. The van der Waals surface area contributed by atoms with E-state index in [1.807, 2.05) is 30.3 Å². The van der Waals surface area contributed by atoms with Gasteiger partial charge < -0.3 is 4.57 Å². The molecule has 0 atom stereocenters.